The second-order valence-corrected chi connectivity index (χ2v) is 4.92. The average Bonchev–Trinajstić information content (AvgIpc) is 2.85. The Morgan fingerprint density at radius 1 is 1.19 bits per heavy atom. The second kappa shape index (κ2) is 5.51. The molecule has 0 bridgehead atoms. The number of hydrogen-bond acceptors (Lipinski definition) is 3. The van der Waals surface area contributed by atoms with Gasteiger partial charge in [-0.05, 0) is 30.7 Å². The van der Waals surface area contributed by atoms with Crippen molar-refractivity contribution in [2.24, 2.45) is 0 Å². The van der Waals surface area contributed by atoms with Crippen molar-refractivity contribution in [3.05, 3.63) is 58.8 Å². The number of anilines is 1. The van der Waals surface area contributed by atoms with E-state index in [0.29, 0.717) is 0 Å². The van der Waals surface area contributed by atoms with E-state index < -0.39 is 0 Å². The van der Waals surface area contributed by atoms with E-state index in [9.17, 15) is 0 Å². The van der Waals surface area contributed by atoms with Crippen LogP contribution in [-0.4, -0.2) is 12.4 Å². The van der Waals surface area contributed by atoms with Crippen LogP contribution in [0.15, 0.2) is 47.0 Å². The molecule has 2 radical (unpaired) electrons. The third-order valence-electron chi connectivity index (χ3n) is 3.48. The minimum atomic E-state index is 0. The van der Waals surface area contributed by atoms with Gasteiger partial charge in [0.2, 0.25) is 0 Å². The van der Waals surface area contributed by atoms with E-state index in [1.807, 2.05) is 48.7 Å². The van der Waals surface area contributed by atoms with Gasteiger partial charge in [-0.25, -0.2) is 4.98 Å². The molecule has 0 fully saturated rings. The van der Waals surface area contributed by atoms with Crippen LogP contribution in [0.5, 0.6) is 0 Å². The summed E-state index contributed by atoms with van der Waals surface area (Å²) in [6.45, 7) is 2.07. The Bertz CT molecular complexity index is 919. The van der Waals surface area contributed by atoms with Gasteiger partial charge >= 0.3 is 0 Å². The number of aryl methyl sites for hydroxylation is 1. The molecule has 0 spiro atoms. The van der Waals surface area contributed by atoms with Crippen LogP contribution in [0.2, 0.25) is 0 Å². The Morgan fingerprint density at radius 2 is 2.05 bits per heavy atom. The molecule has 1 aliphatic rings. The molecule has 0 saturated carbocycles. The molecule has 21 heavy (non-hydrogen) atoms. The number of pyridine rings is 1. The third-order valence-corrected chi connectivity index (χ3v) is 3.48. The van der Waals surface area contributed by atoms with E-state index in [2.05, 4.69) is 30.2 Å². The first-order valence-electron chi connectivity index (χ1n) is 6.57. The van der Waals surface area contributed by atoms with E-state index in [0.717, 1.165) is 27.4 Å². The standard InChI is InChI=1S/C16H12BN2O.Ir/c1-11-6-7-18-16(8-11)19-10-13-12-4-2-3-5-14(12)20-15(13)9-17-19;/h2-10H,1H3;. The number of para-hydroxylation sites is 1. The normalized spacial score (nSPS) is 12.7. The number of hydrogen-bond donors (Lipinski definition) is 0. The monoisotopic (exact) mass is 452 g/mol. The number of aromatic nitrogens is 1. The maximum Gasteiger partial charge on any atom is 0.288 e. The molecule has 0 unspecified atom stereocenters. The van der Waals surface area contributed by atoms with Gasteiger partial charge in [0, 0.05) is 43.1 Å². The fraction of sp³-hybridized carbons (Fsp3) is 0.0625. The smallest absolute Gasteiger partial charge is 0.288 e. The molecule has 1 aromatic carbocycles. The first-order chi connectivity index (χ1) is 9.81. The number of benzene rings is 1. The van der Waals surface area contributed by atoms with Gasteiger partial charge in [0.15, 0.2) is 0 Å². The molecule has 5 heteroatoms. The largest absolute Gasteiger partial charge is 0.457 e. The van der Waals surface area contributed by atoms with Crippen molar-refractivity contribution in [1.29, 1.82) is 0 Å². The van der Waals surface area contributed by atoms with E-state index in [4.69, 9.17) is 4.42 Å². The minimum absolute atomic E-state index is 0. The van der Waals surface area contributed by atoms with Crippen molar-refractivity contribution in [2.75, 3.05) is 4.81 Å². The topological polar surface area (TPSA) is 29.3 Å². The Morgan fingerprint density at radius 3 is 2.90 bits per heavy atom. The van der Waals surface area contributed by atoms with Gasteiger partial charge in [-0.2, -0.15) is 0 Å². The van der Waals surface area contributed by atoms with Crippen LogP contribution in [0.25, 0.3) is 23.1 Å². The molecule has 0 N–H and O–H groups in total. The number of rotatable bonds is 1. The molecule has 0 atom stereocenters. The van der Waals surface area contributed by atoms with Crippen molar-refractivity contribution in [3.8, 4) is 0 Å². The first kappa shape index (κ1) is 14.1. The summed E-state index contributed by atoms with van der Waals surface area (Å²) in [5, 5.41) is 2.23. The Balaban J connectivity index is 0.00000132. The van der Waals surface area contributed by atoms with Crippen LogP contribution in [0.3, 0.4) is 0 Å². The van der Waals surface area contributed by atoms with Crippen molar-refractivity contribution in [2.45, 2.75) is 6.92 Å². The zero-order valence-corrected chi connectivity index (χ0v) is 13.8. The second-order valence-electron chi connectivity index (χ2n) is 4.92. The summed E-state index contributed by atoms with van der Waals surface area (Å²) < 4.78 is 5.83. The maximum atomic E-state index is 5.83. The molecule has 0 amide bonds. The van der Waals surface area contributed by atoms with Crippen LogP contribution < -0.4 is 15.4 Å². The van der Waals surface area contributed by atoms with Crippen molar-refractivity contribution in [1.82, 2.24) is 4.98 Å². The van der Waals surface area contributed by atoms with E-state index in [1.165, 1.54) is 5.56 Å². The quantitative estimate of drug-likeness (QED) is 0.529. The Labute approximate surface area is 136 Å². The molecule has 0 saturated heterocycles. The molecule has 4 rings (SSSR count). The fourth-order valence-electron chi connectivity index (χ4n) is 2.48. The summed E-state index contributed by atoms with van der Waals surface area (Å²) in [5.41, 5.74) is 3.01. The van der Waals surface area contributed by atoms with Crippen LogP contribution in [0.4, 0.5) is 5.82 Å². The van der Waals surface area contributed by atoms with Gasteiger partial charge in [-0.3, -0.25) is 0 Å². The summed E-state index contributed by atoms with van der Waals surface area (Å²) in [5.74, 6) is 2.90. The number of furan rings is 1. The van der Waals surface area contributed by atoms with Crippen molar-refractivity contribution in [3.63, 3.8) is 0 Å². The summed E-state index contributed by atoms with van der Waals surface area (Å²) in [6, 6.07) is 12.1. The molecule has 1 aliphatic heterocycles. The predicted octanol–water partition coefficient (Wildman–Crippen LogP) is 1.75. The average molecular weight is 451 g/mol. The van der Waals surface area contributed by atoms with Gasteiger partial charge in [0.05, 0.1) is 0 Å². The third kappa shape index (κ3) is 2.43. The molecule has 0 aliphatic carbocycles. The van der Waals surface area contributed by atoms with Gasteiger partial charge in [0.1, 0.15) is 16.8 Å². The minimum Gasteiger partial charge on any atom is -0.457 e. The van der Waals surface area contributed by atoms with Crippen LogP contribution in [-0.2, 0) is 20.1 Å². The van der Waals surface area contributed by atoms with Gasteiger partial charge < -0.3 is 9.23 Å². The molecular weight excluding hydrogens is 439 g/mol. The number of nitrogens with zero attached hydrogens (tertiary/aromatic N) is 2. The van der Waals surface area contributed by atoms with E-state index >= 15 is 0 Å². The van der Waals surface area contributed by atoms with Gasteiger partial charge in [0.25, 0.3) is 7.41 Å². The zero-order valence-electron chi connectivity index (χ0n) is 11.4. The van der Waals surface area contributed by atoms with Crippen molar-refractivity contribution < 1.29 is 24.5 Å². The summed E-state index contributed by atoms with van der Waals surface area (Å²) in [6.07, 6.45) is 3.90. The number of fused-ring (bicyclic) bond motifs is 3. The molecule has 104 valence electrons. The molecule has 2 aromatic heterocycles. The summed E-state index contributed by atoms with van der Waals surface area (Å²) in [7, 11) is 1.98. The van der Waals surface area contributed by atoms with E-state index in [1.54, 1.807) is 0 Å². The molecule has 3 nitrogen and oxygen atoms in total. The van der Waals surface area contributed by atoms with Gasteiger partial charge in [-0.15, -0.1) is 0 Å². The van der Waals surface area contributed by atoms with Gasteiger partial charge in [-0.1, -0.05) is 24.2 Å². The van der Waals surface area contributed by atoms with Crippen LogP contribution in [0, 0.1) is 6.92 Å². The fourth-order valence-corrected chi connectivity index (χ4v) is 2.48. The Kier molecular flexibility index (Phi) is 3.70. The van der Waals surface area contributed by atoms with Crippen LogP contribution in [0.1, 0.15) is 5.56 Å². The molecule has 3 aromatic rings. The zero-order chi connectivity index (χ0) is 13.5. The van der Waals surface area contributed by atoms with Crippen LogP contribution >= 0.6 is 0 Å². The Hall–Kier alpha value is -1.84. The maximum absolute atomic E-state index is 5.83. The SMILES string of the molecule is Cc1ccnc(N2[B]C=c3oc4ccccc4c3=C2)c1.[Ir]. The summed E-state index contributed by atoms with van der Waals surface area (Å²) in [4.78, 5) is 6.44. The molecule has 3 heterocycles. The summed E-state index contributed by atoms with van der Waals surface area (Å²) >= 11 is 0. The first-order valence-corrected chi connectivity index (χ1v) is 6.57. The van der Waals surface area contributed by atoms with Crippen molar-refractivity contribution >= 4 is 36.4 Å². The predicted molar refractivity (Wildman–Crippen MR) is 81.6 cm³/mol. The van der Waals surface area contributed by atoms with E-state index in [-0.39, 0.29) is 20.1 Å². The molecular formula is C16H12BIrN2O.